The van der Waals surface area contributed by atoms with Crippen molar-refractivity contribution in [1.82, 2.24) is 25.0 Å². The lowest BCUT2D eigenvalue weighted by Crippen LogP contribution is -2.36. The molecule has 4 rings (SSSR count). The van der Waals surface area contributed by atoms with E-state index in [4.69, 9.17) is 5.73 Å². The number of carbonyl (C=O) groups is 1. The summed E-state index contributed by atoms with van der Waals surface area (Å²) in [6.45, 7) is 0.800. The first-order valence-electron chi connectivity index (χ1n) is 9.22. The van der Waals surface area contributed by atoms with E-state index in [-0.39, 0.29) is 12.5 Å². The third kappa shape index (κ3) is 4.12. The van der Waals surface area contributed by atoms with Crippen molar-refractivity contribution >= 4 is 22.9 Å². The lowest BCUT2D eigenvalue weighted by atomic mass is 9.80. The van der Waals surface area contributed by atoms with Gasteiger partial charge in [0.1, 0.15) is 16.4 Å². The number of hydrogen-bond donors (Lipinski definition) is 3. The normalized spacial score (nSPS) is 22.3. The highest BCUT2D eigenvalue weighted by Crippen LogP contribution is 2.36. The Hall–Kier alpha value is -2.59. The number of H-pyrrole nitrogens is 1. The van der Waals surface area contributed by atoms with E-state index in [1.54, 1.807) is 28.7 Å². The fourth-order valence-corrected chi connectivity index (χ4v) is 4.25. The second kappa shape index (κ2) is 7.80. The monoisotopic (exact) mass is 403 g/mol. The molecule has 3 aromatic heterocycles. The molecule has 0 atom stereocenters. The molecule has 1 aliphatic carbocycles. The van der Waals surface area contributed by atoms with Gasteiger partial charge in [-0.3, -0.25) is 14.6 Å². The molecular formula is C18H22FN7OS. The molecule has 3 aromatic rings. The van der Waals surface area contributed by atoms with Gasteiger partial charge < -0.3 is 11.1 Å². The minimum atomic E-state index is -1.27. The maximum atomic E-state index is 15.0. The van der Waals surface area contributed by atoms with E-state index in [9.17, 15) is 4.79 Å². The Bertz CT molecular complexity index is 928. The fraction of sp³-hybridized carbons (Fsp3) is 0.444. The van der Waals surface area contributed by atoms with Crippen molar-refractivity contribution in [3.63, 3.8) is 0 Å². The summed E-state index contributed by atoms with van der Waals surface area (Å²) < 4.78 is 16.6. The maximum Gasteiger partial charge on any atom is 0.275 e. The Morgan fingerprint density at radius 1 is 1.43 bits per heavy atom. The average molecular weight is 403 g/mol. The summed E-state index contributed by atoms with van der Waals surface area (Å²) in [5.74, 6) is 0.0883. The molecule has 0 aromatic carbocycles. The van der Waals surface area contributed by atoms with E-state index in [0.717, 1.165) is 18.4 Å². The molecule has 0 radical (unpaired) electrons. The van der Waals surface area contributed by atoms with Gasteiger partial charge in [-0.2, -0.15) is 10.2 Å². The van der Waals surface area contributed by atoms with E-state index in [2.05, 4.69) is 25.6 Å². The standard InChI is InChI=1S/C18H22FN7OS/c19-18(3-1-12(5-20)2-4-18)11-26-9-14(8-23-26)24-16(27)15-10-28-17(25-15)13-6-21-22-7-13/h6-10,12H,1-5,11,20H2,(H,21,22)(H,24,27). The van der Waals surface area contributed by atoms with Gasteiger partial charge in [0.15, 0.2) is 0 Å². The van der Waals surface area contributed by atoms with Gasteiger partial charge in [0.2, 0.25) is 0 Å². The summed E-state index contributed by atoms with van der Waals surface area (Å²) in [6, 6.07) is 0. The van der Waals surface area contributed by atoms with Crippen LogP contribution in [0.5, 0.6) is 0 Å². The van der Waals surface area contributed by atoms with Crippen LogP contribution >= 0.6 is 11.3 Å². The Morgan fingerprint density at radius 2 is 2.25 bits per heavy atom. The second-order valence-electron chi connectivity index (χ2n) is 7.24. The summed E-state index contributed by atoms with van der Waals surface area (Å²) >= 11 is 1.36. The summed E-state index contributed by atoms with van der Waals surface area (Å²) in [4.78, 5) is 16.7. The number of amides is 1. The van der Waals surface area contributed by atoms with E-state index in [0.29, 0.717) is 41.7 Å². The minimum absolute atomic E-state index is 0.182. The van der Waals surface area contributed by atoms with Gasteiger partial charge in [0.25, 0.3) is 5.91 Å². The molecule has 0 saturated heterocycles. The van der Waals surface area contributed by atoms with Crippen molar-refractivity contribution in [1.29, 1.82) is 0 Å². The zero-order valence-electron chi connectivity index (χ0n) is 15.3. The average Bonchev–Trinajstić information content (AvgIpc) is 3.44. The molecule has 0 spiro atoms. The van der Waals surface area contributed by atoms with Crippen molar-refractivity contribution < 1.29 is 9.18 Å². The molecule has 1 saturated carbocycles. The summed E-state index contributed by atoms with van der Waals surface area (Å²) in [5, 5.41) is 16.0. The number of hydrogen-bond acceptors (Lipinski definition) is 6. The van der Waals surface area contributed by atoms with Crippen LogP contribution in [-0.2, 0) is 6.54 Å². The first-order chi connectivity index (χ1) is 13.5. The van der Waals surface area contributed by atoms with Gasteiger partial charge in [-0.15, -0.1) is 11.3 Å². The third-order valence-corrected chi connectivity index (χ3v) is 6.04. The van der Waals surface area contributed by atoms with Crippen molar-refractivity contribution in [2.75, 3.05) is 11.9 Å². The van der Waals surface area contributed by atoms with Gasteiger partial charge in [-0.25, -0.2) is 9.37 Å². The minimum Gasteiger partial charge on any atom is -0.330 e. The van der Waals surface area contributed by atoms with Crippen LogP contribution < -0.4 is 11.1 Å². The van der Waals surface area contributed by atoms with Crippen LogP contribution in [0.2, 0.25) is 0 Å². The molecule has 148 valence electrons. The molecule has 28 heavy (non-hydrogen) atoms. The van der Waals surface area contributed by atoms with Crippen molar-refractivity contribution in [2.45, 2.75) is 37.9 Å². The fourth-order valence-electron chi connectivity index (χ4n) is 3.47. The zero-order chi connectivity index (χ0) is 19.6. The molecule has 1 aliphatic rings. The number of nitrogens with one attached hydrogen (secondary N) is 2. The Morgan fingerprint density at radius 3 is 2.96 bits per heavy atom. The predicted molar refractivity (Wildman–Crippen MR) is 105 cm³/mol. The number of alkyl halides is 1. The van der Waals surface area contributed by atoms with E-state index >= 15 is 4.39 Å². The number of aromatic nitrogens is 5. The number of thiazole rings is 1. The van der Waals surface area contributed by atoms with E-state index < -0.39 is 5.67 Å². The lowest BCUT2D eigenvalue weighted by molar-refractivity contribution is 0.0630. The van der Waals surface area contributed by atoms with Gasteiger partial charge in [-0.1, -0.05) is 0 Å². The van der Waals surface area contributed by atoms with Gasteiger partial charge in [-0.05, 0) is 38.1 Å². The number of aromatic amines is 1. The van der Waals surface area contributed by atoms with Gasteiger partial charge >= 0.3 is 0 Å². The first kappa shape index (κ1) is 18.8. The summed E-state index contributed by atoms with van der Waals surface area (Å²) in [6.07, 6.45) is 9.14. The predicted octanol–water partition coefficient (Wildman–Crippen LogP) is 2.84. The molecule has 0 aliphatic heterocycles. The molecule has 3 heterocycles. The summed E-state index contributed by atoms with van der Waals surface area (Å²) in [5.41, 5.74) is 6.07. The molecule has 10 heteroatoms. The molecule has 1 amide bonds. The highest BCUT2D eigenvalue weighted by molar-refractivity contribution is 7.13. The number of rotatable bonds is 6. The van der Waals surface area contributed by atoms with E-state index in [1.807, 2.05) is 0 Å². The van der Waals surface area contributed by atoms with Gasteiger partial charge in [0.05, 0.1) is 24.6 Å². The smallest absolute Gasteiger partial charge is 0.275 e. The van der Waals surface area contributed by atoms with Crippen LogP contribution in [0.4, 0.5) is 10.1 Å². The van der Waals surface area contributed by atoms with Crippen LogP contribution in [0.15, 0.2) is 30.2 Å². The van der Waals surface area contributed by atoms with Gasteiger partial charge in [0, 0.05) is 23.3 Å². The number of anilines is 1. The van der Waals surface area contributed by atoms with Crippen molar-refractivity contribution in [3.8, 4) is 10.6 Å². The maximum absolute atomic E-state index is 15.0. The number of nitrogens with zero attached hydrogens (tertiary/aromatic N) is 4. The number of halogens is 1. The number of nitrogens with two attached hydrogens (primary N) is 1. The van der Waals surface area contributed by atoms with Crippen molar-refractivity contribution in [3.05, 3.63) is 35.9 Å². The molecule has 8 nitrogen and oxygen atoms in total. The van der Waals surface area contributed by atoms with Crippen LogP contribution in [0.25, 0.3) is 10.6 Å². The first-order valence-corrected chi connectivity index (χ1v) is 10.1. The second-order valence-corrected chi connectivity index (χ2v) is 8.09. The van der Waals surface area contributed by atoms with Crippen LogP contribution in [-0.4, -0.2) is 43.1 Å². The third-order valence-electron chi connectivity index (χ3n) is 5.15. The number of carbonyl (C=O) groups excluding carboxylic acids is 1. The lowest BCUT2D eigenvalue weighted by Gasteiger charge is -2.33. The zero-order valence-corrected chi connectivity index (χ0v) is 16.1. The molecule has 1 fully saturated rings. The van der Waals surface area contributed by atoms with E-state index in [1.165, 1.54) is 17.5 Å². The highest BCUT2D eigenvalue weighted by Gasteiger charge is 2.35. The summed E-state index contributed by atoms with van der Waals surface area (Å²) in [7, 11) is 0. The quantitative estimate of drug-likeness (QED) is 0.585. The molecular weight excluding hydrogens is 381 g/mol. The largest absolute Gasteiger partial charge is 0.330 e. The molecule has 0 unspecified atom stereocenters. The Kier molecular flexibility index (Phi) is 5.23. The van der Waals surface area contributed by atoms with Crippen LogP contribution in [0.3, 0.4) is 0 Å². The van der Waals surface area contributed by atoms with Crippen LogP contribution in [0, 0.1) is 5.92 Å². The Balaban J connectivity index is 1.36. The molecule has 0 bridgehead atoms. The molecule has 4 N–H and O–H groups in total. The highest BCUT2D eigenvalue weighted by atomic mass is 32.1. The van der Waals surface area contributed by atoms with Crippen molar-refractivity contribution in [2.24, 2.45) is 11.7 Å². The Labute approximate surface area is 165 Å². The van der Waals surface area contributed by atoms with Crippen LogP contribution in [0.1, 0.15) is 36.2 Å². The SMILES string of the molecule is NCC1CCC(F)(Cn2cc(NC(=O)c3csc(-c4cn[nH]c4)n3)cn2)CC1. The topological polar surface area (TPSA) is 115 Å².